The van der Waals surface area contributed by atoms with Gasteiger partial charge in [-0.25, -0.2) is 4.39 Å². The lowest BCUT2D eigenvalue weighted by atomic mass is 10.1. The van der Waals surface area contributed by atoms with E-state index in [1.165, 1.54) is 12.1 Å². The molecule has 0 spiro atoms. The van der Waals surface area contributed by atoms with Crippen molar-refractivity contribution in [1.29, 1.82) is 0 Å². The monoisotopic (exact) mass is 315 g/mol. The molecule has 4 nitrogen and oxygen atoms in total. The molecule has 3 aromatic rings. The first-order valence-electron chi connectivity index (χ1n) is 6.78. The lowest BCUT2D eigenvalue weighted by Crippen LogP contribution is -2.23. The second-order valence-electron chi connectivity index (χ2n) is 5.13. The highest BCUT2D eigenvalue weighted by atomic mass is 32.1. The predicted molar refractivity (Wildman–Crippen MR) is 85.8 cm³/mol. The van der Waals surface area contributed by atoms with E-state index in [9.17, 15) is 9.18 Å². The number of amides is 1. The summed E-state index contributed by atoms with van der Waals surface area (Å²) in [5.74, 6) is -0.838. The number of fused-ring (bicyclic) bond motifs is 1. The summed E-state index contributed by atoms with van der Waals surface area (Å²) in [7, 11) is 0. The number of rotatable bonds is 3. The fourth-order valence-electron chi connectivity index (χ4n) is 2.39. The third-order valence-electron chi connectivity index (χ3n) is 3.37. The minimum absolute atomic E-state index is 0.231. The Bertz CT molecular complexity index is 913. The Hall–Kier alpha value is -2.47. The lowest BCUT2D eigenvalue weighted by Gasteiger charge is -2.07. The number of hydrogen-bond donors (Lipinski definition) is 3. The maximum Gasteiger partial charge on any atom is 0.253 e. The summed E-state index contributed by atoms with van der Waals surface area (Å²) in [6.45, 7) is 2.37. The Kier molecular flexibility index (Phi) is 3.77. The maximum absolute atomic E-state index is 13.6. The van der Waals surface area contributed by atoms with Gasteiger partial charge in [0.25, 0.3) is 5.91 Å². The third-order valence-corrected chi connectivity index (χ3v) is 3.57. The van der Waals surface area contributed by atoms with Crippen molar-refractivity contribution in [2.24, 2.45) is 0 Å². The average Bonchev–Trinajstić information content (AvgIpc) is 2.84. The number of aromatic nitrogens is 2. The summed E-state index contributed by atoms with van der Waals surface area (Å²) in [4.78, 5) is 18.0. The molecule has 0 radical (unpaired) electrons. The summed E-state index contributed by atoms with van der Waals surface area (Å²) in [5, 5.41) is 2.80. The van der Waals surface area contributed by atoms with Gasteiger partial charge in [-0.1, -0.05) is 29.8 Å². The van der Waals surface area contributed by atoms with E-state index in [4.69, 9.17) is 12.2 Å². The highest BCUT2D eigenvalue weighted by Crippen LogP contribution is 2.18. The standard InChI is InChI=1S/C16H14FN3OS/c1-9-3-2-4-10(5-9)8-18-15(21)12-6-11(17)7-13-14(12)20-16(22)19-13/h2-7H,8H2,1H3,(H,18,21)(H2,19,20,22). The molecule has 0 aliphatic carbocycles. The topological polar surface area (TPSA) is 60.7 Å². The minimum atomic E-state index is -0.488. The van der Waals surface area contributed by atoms with Crippen molar-refractivity contribution in [2.45, 2.75) is 13.5 Å². The SMILES string of the molecule is Cc1cccc(CNC(=O)c2cc(F)cc3[nH]c(=S)[nH]c23)c1. The summed E-state index contributed by atoms with van der Waals surface area (Å²) in [5.41, 5.74) is 3.33. The normalized spacial score (nSPS) is 10.8. The van der Waals surface area contributed by atoms with Crippen LogP contribution in [0.25, 0.3) is 11.0 Å². The fourth-order valence-corrected chi connectivity index (χ4v) is 2.60. The molecule has 0 fully saturated rings. The number of hydrogen-bond acceptors (Lipinski definition) is 2. The van der Waals surface area contributed by atoms with Gasteiger partial charge in [0.1, 0.15) is 5.82 Å². The van der Waals surface area contributed by atoms with Gasteiger partial charge in [-0.15, -0.1) is 0 Å². The van der Waals surface area contributed by atoms with Crippen molar-refractivity contribution in [3.05, 3.63) is 63.7 Å². The molecule has 1 aromatic heterocycles. The highest BCUT2D eigenvalue weighted by Gasteiger charge is 2.13. The Balaban J connectivity index is 1.87. The van der Waals surface area contributed by atoms with Crippen molar-refractivity contribution in [2.75, 3.05) is 0 Å². The second kappa shape index (κ2) is 5.73. The Labute approximate surface area is 131 Å². The van der Waals surface area contributed by atoms with Crippen LogP contribution in [-0.2, 0) is 6.54 Å². The fraction of sp³-hybridized carbons (Fsp3) is 0.125. The van der Waals surface area contributed by atoms with Crippen molar-refractivity contribution in [3.8, 4) is 0 Å². The van der Waals surface area contributed by atoms with E-state index in [1.807, 2.05) is 31.2 Å². The van der Waals surface area contributed by atoms with Crippen molar-refractivity contribution >= 4 is 29.2 Å². The van der Waals surface area contributed by atoms with Gasteiger partial charge in [-0.05, 0) is 36.8 Å². The van der Waals surface area contributed by atoms with Crippen molar-refractivity contribution in [1.82, 2.24) is 15.3 Å². The first kappa shape index (κ1) is 14.5. The van der Waals surface area contributed by atoms with E-state index in [1.54, 1.807) is 0 Å². The second-order valence-corrected chi connectivity index (χ2v) is 5.54. The van der Waals surface area contributed by atoms with Crippen molar-refractivity contribution in [3.63, 3.8) is 0 Å². The number of carbonyl (C=O) groups excluding carboxylic acids is 1. The average molecular weight is 315 g/mol. The first-order valence-corrected chi connectivity index (χ1v) is 7.19. The molecule has 22 heavy (non-hydrogen) atoms. The van der Waals surface area contributed by atoms with Crippen molar-refractivity contribution < 1.29 is 9.18 Å². The van der Waals surface area contributed by atoms with Crippen LogP contribution in [0.2, 0.25) is 0 Å². The van der Waals surface area contributed by atoms with Gasteiger partial charge < -0.3 is 15.3 Å². The molecule has 6 heteroatoms. The van der Waals surface area contributed by atoms with Crippen LogP contribution in [0.5, 0.6) is 0 Å². The molecule has 1 heterocycles. The minimum Gasteiger partial charge on any atom is -0.348 e. The predicted octanol–water partition coefficient (Wildman–Crippen LogP) is 3.60. The Morgan fingerprint density at radius 2 is 2.09 bits per heavy atom. The quantitative estimate of drug-likeness (QED) is 0.647. The molecule has 1 amide bonds. The molecule has 112 valence electrons. The van der Waals surface area contributed by atoms with Gasteiger partial charge in [0, 0.05) is 6.54 Å². The smallest absolute Gasteiger partial charge is 0.253 e. The molecule has 0 aliphatic rings. The van der Waals surface area contributed by atoms with E-state index in [2.05, 4.69) is 15.3 Å². The molecule has 0 aliphatic heterocycles. The number of benzene rings is 2. The number of halogens is 1. The molecule has 0 bridgehead atoms. The molecule has 3 rings (SSSR count). The van der Waals surface area contributed by atoms with Gasteiger partial charge in [0.15, 0.2) is 4.77 Å². The zero-order chi connectivity index (χ0) is 15.7. The summed E-state index contributed by atoms with van der Waals surface area (Å²) < 4.78 is 14.0. The summed E-state index contributed by atoms with van der Waals surface area (Å²) in [6, 6.07) is 10.3. The number of imidazole rings is 1. The van der Waals surface area contributed by atoms with Crippen LogP contribution in [0.4, 0.5) is 4.39 Å². The lowest BCUT2D eigenvalue weighted by molar-refractivity contribution is 0.0952. The van der Waals surface area contributed by atoms with Crippen LogP contribution in [0.1, 0.15) is 21.5 Å². The van der Waals surface area contributed by atoms with E-state index in [0.29, 0.717) is 22.3 Å². The van der Waals surface area contributed by atoms with Gasteiger partial charge in [0.05, 0.1) is 16.6 Å². The first-order chi connectivity index (χ1) is 10.5. The molecule has 0 saturated heterocycles. The summed E-state index contributed by atoms with van der Waals surface area (Å²) in [6.07, 6.45) is 0. The van der Waals surface area contributed by atoms with E-state index in [0.717, 1.165) is 11.1 Å². The van der Waals surface area contributed by atoms with E-state index < -0.39 is 5.82 Å². The number of H-pyrrole nitrogens is 2. The molecule has 2 aromatic carbocycles. The molecule has 0 atom stereocenters. The van der Waals surface area contributed by atoms with Crippen LogP contribution in [0.3, 0.4) is 0 Å². The maximum atomic E-state index is 13.6. The zero-order valence-corrected chi connectivity index (χ0v) is 12.7. The number of nitrogens with one attached hydrogen (secondary N) is 3. The van der Waals surface area contributed by atoms with Crippen LogP contribution >= 0.6 is 12.2 Å². The van der Waals surface area contributed by atoms with E-state index >= 15 is 0 Å². The zero-order valence-electron chi connectivity index (χ0n) is 11.9. The largest absolute Gasteiger partial charge is 0.348 e. The van der Waals surface area contributed by atoms with Crippen LogP contribution < -0.4 is 5.32 Å². The molecule has 0 saturated carbocycles. The number of carbonyl (C=O) groups is 1. The summed E-state index contributed by atoms with van der Waals surface area (Å²) >= 11 is 4.99. The van der Waals surface area contributed by atoms with E-state index in [-0.39, 0.29) is 11.5 Å². The number of aryl methyl sites for hydroxylation is 1. The Morgan fingerprint density at radius 3 is 2.86 bits per heavy atom. The van der Waals surface area contributed by atoms with Crippen LogP contribution in [0, 0.1) is 17.5 Å². The molecule has 0 unspecified atom stereocenters. The van der Waals surface area contributed by atoms with Gasteiger partial charge in [0.2, 0.25) is 0 Å². The van der Waals surface area contributed by atoms with Gasteiger partial charge in [-0.3, -0.25) is 4.79 Å². The third kappa shape index (κ3) is 2.92. The van der Waals surface area contributed by atoms with Gasteiger partial charge in [-0.2, -0.15) is 0 Å². The van der Waals surface area contributed by atoms with Crippen LogP contribution in [-0.4, -0.2) is 15.9 Å². The molecular formula is C16H14FN3OS. The van der Waals surface area contributed by atoms with Crippen LogP contribution in [0.15, 0.2) is 36.4 Å². The Morgan fingerprint density at radius 1 is 1.27 bits per heavy atom. The van der Waals surface area contributed by atoms with Gasteiger partial charge >= 0.3 is 0 Å². The molecular weight excluding hydrogens is 301 g/mol. The highest BCUT2D eigenvalue weighted by molar-refractivity contribution is 7.71. The molecule has 3 N–H and O–H groups in total. The number of aromatic amines is 2.